The molecule has 0 amide bonds. The van der Waals surface area contributed by atoms with Gasteiger partial charge in [-0.25, -0.2) is 10.1 Å². The van der Waals surface area contributed by atoms with E-state index >= 15 is 0 Å². The lowest BCUT2D eigenvalue weighted by Crippen LogP contribution is -2.48. The van der Waals surface area contributed by atoms with Crippen LogP contribution in [0.15, 0.2) is 30.3 Å². The molecule has 0 aliphatic carbocycles. The highest BCUT2D eigenvalue weighted by Gasteiger charge is 2.65. The molecule has 1 aliphatic rings. The first-order valence-electron chi connectivity index (χ1n) is 5.62. The maximum Gasteiger partial charge on any atom is 0.266 e. The van der Waals surface area contributed by atoms with E-state index in [0.29, 0.717) is 0 Å². The molecule has 1 unspecified atom stereocenters. The second-order valence-electron chi connectivity index (χ2n) is 5.38. The summed E-state index contributed by atoms with van der Waals surface area (Å²) in [6, 6.07) is 9.29. The Morgan fingerprint density at radius 1 is 1.00 bits per heavy atom. The van der Waals surface area contributed by atoms with Gasteiger partial charge in [0.15, 0.2) is 0 Å². The number of hydrogen-bond donors (Lipinski definition) is 1. The fourth-order valence-corrected chi connectivity index (χ4v) is 2.02. The van der Waals surface area contributed by atoms with Crippen molar-refractivity contribution in [3.63, 3.8) is 0 Å². The van der Waals surface area contributed by atoms with Crippen molar-refractivity contribution in [2.75, 3.05) is 0 Å². The van der Waals surface area contributed by atoms with E-state index in [1.807, 2.05) is 58.0 Å². The van der Waals surface area contributed by atoms with Gasteiger partial charge in [0.25, 0.3) is 5.79 Å². The molecule has 1 aromatic rings. The zero-order valence-corrected chi connectivity index (χ0v) is 10.6. The molecule has 1 fully saturated rings. The van der Waals surface area contributed by atoms with E-state index in [0.717, 1.165) is 5.56 Å². The first-order valence-corrected chi connectivity index (χ1v) is 5.62. The normalized spacial score (nSPS) is 30.4. The summed E-state index contributed by atoms with van der Waals surface area (Å²) in [6.07, 6.45) is 0. The molecule has 1 N–H and O–H groups in total. The predicted octanol–water partition coefficient (Wildman–Crippen LogP) is 3.10. The van der Waals surface area contributed by atoms with Gasteiger partial charge in [-0.05, 0) is 13.8 Å². The van der Waals surface area contributed by atoms with Crippen LogP contribution in [0.4, 0.5) is 0 Å². The molecule has 1 heterocycles. The average molecular weight is 238 g/mol. The molecule has 2 rings (SSSR count). The van der Waals surface area contributed by atoms with Crippen LogP contribution in [0.1, 0.15) is 33.3 Å². The Morgan fingerprint density at radius 2 is 1.59 bits per heavy atom. The molecular formula is C13H18O4. The Morgan fingerprint density at radius 3 is 2.00 bits per heavy atom. The van der Waals surface area contributed by atoms with Crippen LogP contribution in [0.3, 0.4) is 0 Å². The highest BCUT2D eigenvalue weighted by molar-refractivity contribution is 5.25. The van der Waals surface area contributed by atoms with Crippen molar-refractivity contribution in [1.82, 2.24) is 0 Å². The first kappa shape index (κ1) is 12.5. The third-order valence-electron chi connectivity index (χ3n) is 3.98. The van der Waals surface area contributed by atoms with Crippen molar-refractivity contribution >= 4 is 0 Å². The lowest BCUT2D eigenvalue weighted by atomic mass is 9.69. The topological polar surface area (TPSA) is 47.9 Å². The van der Waals surface area contributed by atoms with E-state index in [-0.39, 0.29) is 0 Å². The van der Waals surface area contributed by atoms with E-state index in [1.165, 1.54) is 0 Å². The Kier molecular flexibility index (Phi) is 2.78. The Balaban J connectivity index is 2.54. The quantitative estimate of drug-likeness (QED) is 0.635. The van der Waals surface area contributed by atoms with E-state index < -0.39 is 16.8 Å². The summed E-state index contributed by atoms with van der Waals surface area (Å²) >= 11 is 0. The first-order chi connectivity index (χ1) is 7.87. The summed E-state index contributed by atoms with van der Waals surface area (Å²) in [5.74, 6) is -1.31. The van der Waals surface area contributed by atoms with Crippen molar-refractivity contribution in [1.29, 1.82) is 0 Å². The number of benzene rings is 1. The van der Waals surface area contributed by atoms with Gasteiger partial charge in [-0.15, -0.1) is 0 Å². The molecule has 0 bridgehead atoms. The van der Waals surface area contributed by atoms with E-state index in [2.05, 4.69) is 4.89 Å². The predicted molar refractivity (Wildman–Crippen MR) is 61.9 cm³/mol. The van der Waals surface area contributed by atoms with Gasteiger partial charge in [0, 0.05) is 5.56 Å². The molecule has 1 aliphatic heterocycles. The summed E-state index contributed by atoms with van der Waals surface area (Å²) < 4.78 is 0. The molecule has 0 aromatic heterocycles. The molecule has 0 saturated carbocycles. The molecule has 1 aromatic carbocycles. The molecule has 0 radical (unpaired) electrons. The fourth-order valence-electron chi connectivity index (χ4n) is 2.02. The Hall–Kier alpha value is -0.940. The van der Waals surface area contributed by atoms with Crippen LogP contribution in [-0.2, 0) is 20.4 Å². The molecule has 0 spiro atoms. The highest BCUT2D eigenvalue weighted by atomic mass is 17.3. The van der Waals surface area contributed by atoms with Crippen LogP contribution >= 0.6 is 0 Å². The maximum atomic E-state index is 9.33. The molecule has 17 heavy (non-hydrogen) atoms. The zero-order chi connectivity index (χ0) is 12.7. The Labute approximate surface area is 101 Å². The van der Waals surface area contributed by atoms with E-state index in [1.54, 1.807) is 0 Å². The zero-order valence-electron chi connectivity index (χ0n) is 10.6. The van der Waals surface area contributed by atoms with Crippen molar-refractivity contribution < 1.29 is 19.9 Å². The second kappa shape index (κ2) is 3.78. The van der Waals surface area contributed by atoms with Crippen LogP contribution in [0.25, 0.3) is 0 Å². The summed E-state index contributed by atoms with van der Waals surface area (Å²) in [6.45, 7) is 7.67. The van der Waals surface area contributed by atoms with Crippen molar-refractivity contribution in [2.24, 2.45) is 5.41 Å². The van der Waals surface area contributed by atoms with Gasteiger partial charge in [0.2, 0.25) is 0 Å². The lowest BCUT2D eigenvalue weighted by molar-refractivity contribution is -0.489. The molecule has 4 heteroatoms. The SMILES string of the molecule is CC1(C)OOC(OO)(c2ccccc2)C1(C)C. The second-order valence-corrected chi connectivity index (χ2v) is 5.38. The van der Waals surface area contributed by atoms with Crippen LogP contribution in [0.5, 0.6) is 0 Å². The standard InChI is InChI=1S/C13H18O4/c1-11(2)12(3,4)16-17-13(11,15-14)10-8-6-5-7-9-10/h5-9,14H,1-4H3. The molecule has 1 atom stereocenters. The number of hydrogen-bond acceptors (Lipinski definition) is 4. The van der Waals surface area contributed by atoms with Crippen LogP contribution < -0.4 is 0 Å². The summed E-state index contributed by atoms with van der Waals surface area (Å²) in [4.78, 5) is 15.4. The van der Waals surface area contributed by atoms with Gasteiger partial charge in [-0.3, -0.25) is 0 Å². The van der Waals surface area contributed by atoms with E-state index in [9.17, 15) is 5.26 Å². The minimum atomic E-state index is -1.31. The minimum Gasteiger partial charge on any atom is -0.248 e. The highest BCUT2D eigenvalue weighted by Crippen LogP contribution is 2.56. The van der Waals surface area contributed by atoms with Crippen molar-refractivity contribution in [3.05, 3.63) is 35.9 Å². The third-order valence-corrected chi connectivity index (χ3v) is 3.98. The lowest BCUT2D eigenvalue weighted by Gasteiger charge is -2.39. The van der Waals surface area contributed by atoms with Gasteiger partial charge in [-0.1, -0.05) is 44.2 Å². The fraction of sp³-hybridized carbons (Fsp3) is 0.538. The Bertz CT molecular complexity index is 399. The van der Waals surface area contributed by atoms with Gasteiger partial charge < -0.3 is 0 Å². The van der Waals surface area contributed by atoms with Crippen LogP contribution in [0, 0.1) is 5.41 Å². The van der Waals surface area contributed by atoms with Gasteiger partial charge >= 0.3 is 0 Å². The van der Waals surface area contributed by atoms with Crippen molar-refractivity contribution in [3.8, 4) is 0 Å². The minimum absolute atomic E-state index is 0.559. The summed E-state index contributed by atoms with van der Waals surface area (Å²) in [5.41, 5.74) is -0.417. The maximum absolute atomic E-state index is 9.33. The van der Waals surface area contributed by atoms with Crippen LogP contribution in [0.2, 0.25) is 0 Å². The molecule has 94 valence electrons. The van der Waals surface area contributed by atoms with Crippen molar-refractivity contribution in [2.45, 2.75) is 39.1 Å². The largest absolute Gasteiger partial charge is 0.266 e. The van der Waals surface area contributed by atoms with Gasteiger partial charge in [0.05, 0.1) is 5.41 Å². The van der Waals surface area contributed by atoms with Gasteiger partial charge in [-0.2, -0.15) is 9.78 Å². The van der Waals surface area contributed by atoms with E-state index in [4.69, 9.17) is 9.78 Å². The summed E-state index contributed by atoms with van der Waals surface area (Å²) in [7, 11) is 0. The van der Waals surface area contributed by atoms with Gasteiger partial charge in [0.1, 0.15) is 5.60 Å². The molecular weight excluding hydrogens is 220 g/mol. The van der Waals surface area contributed by atoms with Crippen LogP contribution in [-0.4, -0.2) is 10.9 Å². The molecule has 1 saturated heterocycles. The monoisotopic (exact) mass is 238 g/mol. The number of rotatable bonds is 2. The summed E-state index contributed by atoms with van der Waals surface area (Å²) in [5, 5.41) is 9.33. The smallest absolute Gasteiger partial charge is 0.248 e. The third kappa shape index (κ3) is 1.52. The molecule has 4 nitrogen and oxygen atoms in total. The average Bonchev–Trinajstić information content (AvgIpc) is 2.49.